The van der Waals surface area contributed by atoms with Crippen molar-refractivity contribution in [3.63, 3.8) is 0 Å². The largest absolute Gasteiger partial charge is 0.488 e. The van der Waals surface area contributed by atoms with Crippen molar-refractivity contribution in [2.24, 2.45) is 0 Å². The van der Waals surface area contributed by atoms with Crippen LogP contribution in [0.2, 0.25) is 0 Å². The van der Waals surface area contributed by atoms with E-state index in [1.807, 2.05) is 26.0 Å². The lowest BCUT2D eigenvalue weighted by Gasteiger charge is -2.10. The Balaban J connectivity index is 2.42. The average Bonchev–Trinajstić information content (AvgIpc) is 2.59. The lowest BCUT2D eigenvalue weighted by Crippen LogP contribution is -2.29. The monoisotopic (exact) mass is 215 g/mol. The normalized spacial score (nSPS) is 10.5. The molecule has 3 nitrogen and oxygen atoms in total. The van der Waals surface area contributed by atoms with Crippen molar-refractivity contribution < 1.29 is 10.0 Å². The first-order valence-electron chi connectivity index (χ1n) is 5.21. The van der Waals surface area contributed by atoms with Crippen LogP contribution in [-0.2, 0) is 0 Å². The summed E-state index contributed by atoms with van der Waals surface area (Å²) in [6, 6.07) is 11.3. The zero-order chi connectivity index (χ0) is 11.7. The summed E-state index contributed by atoms with van der Waals surface area (Å²) in [4.78, 5) is 0. The van der Waals surface area contributed by atoms with Gasteiger partial charge in [-0.05, 0) is 43.6 Å². The van der Waals surface area contributed by atoms with Crippen LogP contribution in [-0.4, -0.2) is 21.7 Å². The van der Waals surface area contributed by atoms with E-state index >= 15 is 0 Å². The highest BCUT2D eigenvalue weighted by Crippen LogP contribution is 2.14. The highest BCUT2D eigenvalue weighted by molar-refractivity contribution is 6.58. The van der Waals surface area contributed by atoms with Gasteiger partial charge in [-0.3, -0.25) is 0 Å². The number of benzene rings is 1. The van der Waals surface area contributed by atoms with Crippen molar-refractivity contribution in [2.75, 3.05) is 0 Å². The number of aromatic nitrogens is 1. The molecule has 1 aromatic heterocycles. The number of hydrogen-bond donors (Lipinski definition) is 2. The van der Waals surface area contributed by atoms with Gasteiger partial charge in [-0.2, -0.15) is 0 Å². The minimum absolute atomic E-state index is 0.506. The van der Waals surface area contributed by atoms with Crippen molar-refractivity contribution in [3.05, 3.63) is 47.8 Å². The molecule has 4 heteroatoms. The van der Waals surface area contributed by atoms with Crippen LogP contribution in [0.4, 0.5) is 0 Å². The van der Waals surface area contributed by atoms with Gasteiger partial charge in [0.05, 0.1) is 0 Å². The molecule has 1 heterocycles. The summed E-state index contributed by atoms with van der Waals surface area (Å²) in [5, 5.41) is 18.0. The number of hydrogen-bond acceptors (Lipinski definition) is 2. The molecule has 0 amide bonds. The van der Waals surface area contributed by atoms with Crippen LogP contribution in [0.15, 0.2) is 36.4 Å². The van der Waals surface area contributed by atoms with Crippen LogP contribution in [0.5, 0.6) is 0 Å². The van der Waals surface area contributed by atoms with Crippen LogP contribution in [0, 0.1) is 13.8 Å². The lowest BCUT2D eigenvalue weighted by molar-refractivity contribution is 0.426. The Morgan fingerprint density at radius 2 is 1.38 bits per heavy atom. The molecule has 0 aliphatic rings. The highest BCUT2D eigenvalue weighted by atomic mass is 16.4. The van der Waals surface area contributed by atoms with E-state index in [-0.39, 0.29) is 0 Å². The Morgan fingerprint density at radius 3 is 1.81 bits per heavy atom. The third-order valence-corrected chi connectivity index (χ3v) is 2.72. The van der Waals surface area contributed by atoms with Crippen molar-refractivity contribution in [1.82, 2.24) is 4.57 Å². The summed E-state index contributed by atoms with van der Waals surface area (Å²) in [6.45, 7) is 4.09. The Hall–Kier alpha value is -1.52. The second-order valence-corrected chi connectivity index (χ2v) is 3.92. The van der Waals surface area contributed by atoms with Crippen LogP contribution in [0.3, 0.4) is 0 Å². The topological polar surface area (TPSA) is 45.4 Å². The van der Waals surface area contributed by atoms with E-state index in [0.29, 0.717) is 5.46 Å². The molecule has 0 atom stereocenters. The van der Waals surface area contributed by atoms with Gasteiger partial charge < -0.3 is 14.6 Å². The molecule has 2 N–H and O–H groups in total. The molecule has 16 heavy (non-hydrogen) atoms. The minimum Gasteiger partial charge on any atom is -0.423 e. The fourth-order valence-electron chi connectivity index (χ4n) is 1.87. The fourth-order valence-corrected chi connectivity index (χ4v) is 1.87. The molecule has 82 valence electrons. The smallest absolute Gasteiger partial charge is 0.423 e. The van der Waals surface area contributed by atoms with E-state index in [0.717, 1.165) is 17.1 Å². The third kappa shape index (κ3) is 1.89. The summed E-state index contributed by atoms with van der Waals surface area (Å²) in [5.74, 6) is 0. The van der Waals surface area contributed by atoms with Crippen molar-refractivity contribution in [2.45, 2.75) is 13.8 Å². The Labute approximate surface area is 95.1 Å². The van der Waals surface area contributed by atoms with E-state index < -0.39 is 7.12 Å². The third-order valence-electron chi connectivity index (χ3n) is 2.72. The van der Waals surface area contributed by atoms with Crippen LogP contribution in [0.1, 0.15) is 11.4 Å². The molecule has 0 spiro atoms. The van der Waals surface area contributed by atoms with Gasteiger partial charge in [0, 0.05) is 17.1 Å². The average molecular weight is 215 g/mol. The van der Waals surface area contributed by atoms with Gasteiger partial charge in [-0.15, -0.1) is 0 Å². The Morgan fingerprint density at radius 1 is 0.875 bits per heavy atom. The lowest BCUT2D eigenvalue weighted by atomic mass is 9.80. The molecular formula is C12H14BNO2. The number of rotatable bonds is 2. The van der Waals surface area contributed by atoms with Crippen molar-refractivity contribution >= 4 is 12.6 Å². The summed E-state index contributed by atoms with van der Waals surface area (Å²) >= 11 is 0. The molecule has 0 aliphatic carbocycles. The van der Waals surface area contributed by atoms with Gasteiger partial charge in [-0.1, -0.05) is 12.1 Å². The van der Waals surface area contributed by atoms with E-state index in [1.54, 1.807) is 12.1 Å². The predicted octanol–water partition coefficient (Wildman–Crippen LogP) is 0.774. The highest BCUT2D eigenvalue weighted by Gasteiger charge is 2.10. The molecule has 1 aromatic carbocycles. The van der Waals surface area contributed by atoms with Crippen molar-refractivity contribution in [1.29, 1.82) is 0 Å². The Bertz CT molecular complexity index is 469. The van der Waals surface area contributed by atoms with Gasteiger partial charge in [0.2, 0.25) is 0 Å². The number of nitrogens with zero attached hydrogens (tertiary/aromatic N) is 1. The maximum absolute atomic E-state index is 9.00. The molecule has 0 aliphatic heterocycles. The number of aryl methyl sites for hydroxylation is 2. The van der Waals surface area contributed by atoms with E-state index in [2.05, 4.69) is 16.7 Å². The predicted molar refractivity (Wildman–Crippen MR) is 65.1 cm³/mol. The quantitative estimate of drug-likeness (QED) is 0.727. The molecule has 0 saturated carbocycles. The molecule has 0 fully saturated rings. The van der Waals surface area contributed by atoms with Crippen LogP contribution < -0.4 is 5.46 Å². The molecule has 2 rings (SSSR count). The maximum Gasteiger partial charge on any atom is 0.488 e. The summed E-state index contributed by atoms with van der Waals surface area (Å²) in [7, 11) is -1.40. The van der Waals surface area contributed by atoms with Crippen LogP contribution >= 0.6 is 0 Å². The first-order valence-corrected chi connectivity index (χ1v) is 5.21. The molecule has 0 bridgehead atoms. The fraction of sp³-hybridized carbons (Fsp3) is 0.167. The van der Waals surface area contributed by atoms with Gasteiger partial charge in [-0.25, -0.2) is 0 Å². The van der Waals surface area contributed by atoms with E-state index in [9.17, 15) is 0 Å². The standard InChI is InChI=1S/C12H14BNO2/c1-9-3-4-10(2)14(9)12-7-5-11(6-8-12)13(15)16/h3-8,15-16H,1-2H3. The first-order chi connectivity index (χ1) is 7.59. The minimum atomic E-state index is -1.40. The second-order valence-electron chi connectivity index (χ2n) is 3.92. The van der Waals surface area contributed by atoms with Gasteiger partial charge >= 0.3 is 7.12 Å². The van der Waals surface area contributed by atoms with Gasteiger partial charge in [0.15, 0.2) is 0 Å². The van der Waals surface area contributed by atoms with E-state index in [4.69, 9.17) is 10.0 Å². The second kappa shape index (κ2) is 4.16. The zero-order valence-corrected chi connectivity index (χ0v) is 9.38. The molecule has 0 radical (unpaired) electrons. The SMILES string of the molecule is Cc1ccc(C)n1-c1ccc(B(O)O)cc1. The molecule has 0 saturated heterocycles. The molecular weight excluding hydrogens is 201 g/mol. The van der Waals surface area contributed by atoms with E-state index in [1.165, 1.54) is 0 Å². The maximum atomic E-state index is 9.00. The van der Waals surface area contributed by atoms with Crippen LogP contribution in [0.25, 0.3) is 5.69 Å². The summed E-state index contributed by atoms with van der Waals surface area (Å²) < 4.78 is 2.12. The first kappa shape index (κ1) is 11.0. The molecule has 2 aromatic rings. The molecule has 0 unspecified atom stereocenters. The van der Waals surface area contributed by atoms with Gasteiger partial charge in [0.1, 0.15) is 0 Å². The van der Waals surface area contributed by atoms with Crippen molar-refractivity contribution in [3.8, 4) is 5.69 Å². The summed E-state index contributed by atoms with van der Waals surface area (Å²) in [6.07, 6.45) is 0. The Kier molecular flexibility index (Phi) is 2.85. The zero-order valence-electron chi connectivity index (χ0n) is 9.38. The van der Waals surface area contributed by atoms with Gasteiger partial charge in [0.25, 0.3) is 0 Å². The summed E-state index contributed by atoms with van der Waals surface area (Å²) in [5.41, 5.74) is 3.86.